The molecule has 0 aliphatic carbocycles. The molecule has 0 radical (unpaired) electrons. The summed E-state index contributed by atoms with van der Waals surface area (Å²) >= 11 is 12.2. The summed E-state index contributed by atoms with van der Waals surface area (Å²) < 4.78 is 17.1. The molecule has 15 nitrogen and oxygen atoms in total. The number of nitrogens with zero attached hydrogens (tertiary/aromatic N) is 5. The summed E-state index contributed by atoms with van der Waals surface area (Å²) in [5.41, 5.74) is 4.50. The Bertz CT molecular complexity index is 2940. The van der Waals surface area contributed by atoms with Crippen LogP contribution >= 0.6 is 30.3 Å². The van der Waals surface area contributed by atoms with Gasteiger partial charge in [-0.3, -0.25) is 49.1 Å². The highest BCUT2D eigenvalue weighted by Gasteiger charge is 2.17. The van der Waals surface area contributed by atoms with Crippen LogP contribution in [-0.4, -0.2) is 62.7 Å². The van der Waals surface area contributed by atoms with Gasteiger partial charge in [0.15, 0.2) is 6.29 Å². The largest absolute Gasteiger partial charge is 0.466 e. The first-order valence-corrected chi connectivity index (χ1v) is 21.6. The van der Waals surface area contributed by atoms with E-state index >= 15 is 0 Å². The van der Waals surface area contributed by atoms with E-state index in [4.69, 9.17) is 23.2 Å². The number of aryl methyl sites for hydroxylation is 2. The summed E-state index contributed by atoms with van der Waals surface area (Å²) in [5, 5.41) is 28.6. The SMILES string of the molecule is CCOC(=O)CP(C)(C)=O.Cc1ccc(-n2c(=O)ccc3cnc4ccc(Cl)cc4c32)cc1[N+](=O)[O-].Cc1ccc(Nc2c(C=O)cnc3ccc(Cl)cc23)cc1[N+](=O)[O-]. The highest BCUT2D eigenvalue weighted by atomic mass is 35.5. The first-order valence-electron chi connectivity index (χ1n) is 18.0. The molecule has 60 heavy (non-hydrogen) atoms. The van der Waals surface area contributed by atoms with Crippen molar-refractivity contribution in [3.05, 3.63) is 155 Å². The fraction of sp³-hybridized carbons (Fsp3) is 0.167. The fourth-order valence-corrected chi connectivity index (χ4v) is 7.09. The van der Waals surface area contributed by atoms with E-state index in [-0.39, 0.29) is 29.1 Å². The van der Waals surface area contributed by atoms with E-state index < -0.39 is 17.0 Å². The Balaban J connectivity index is 0.000000187. The van der Waals surface area contributed by atoms with Gasteiger partial charge in [-0.05, 0) is 88.7 Å². The van der Waals surface area contributed by atoms with Gasteiger partial charge in [0, 0.05) is 73.6 Å². The Morgan fingerprint density at radius 1 is 0.833 bits per heavy atom. The van der Waals surface area contributed by atoms with Gasteiger partial charge < -0.3 is 14.6 Å². The molecule has 0 unspecified atom stereocenters. The number of carbonyl (C=O) groups is 2. The number of nitrogens with one attached hydrogen (secondary N) is 1. The van der Waals surface area contributed by atoms with Crippen molar-refractivity contribution in [3.63, 3.8) is 0 Å². The number of nitro groups is 2. The highest BCUT2D eigenvalue weighted by molar-refractivity contribution is 7.63. The van der Waals surface area contributed by atoms with Crippen LogP contribution in [0.2, 0.25) is 10.0 Å². The molecule has 0 fully saturated rings. The second kappa shape index (κ2) is 19.0. The Morgan fingerprint density at radius 3 is 2.02 bits per heavy atom. The number of hydrogen-bond acceptors (Lipinski definition) is 12. The number of rotatable bonds is 9. The van der Waals surface area contributed by atoms with Gasteiger partial charge in [0.1, 0.15) is 0 Å². The van der Waals surface area contributed by atoms with Crippen molar-refractivity contribution in [2.45, 2.75) is 20.8 Å². The molecule has 0 saturated heterocycles. The minimum atomic E-state index is -2.23. The lowest BCUT2D eigenvalue weighted by Gasteiger charge is -2.13. The molecular weight excluding hydrogens is 834 g/mol. The first kappa shape index (κ1) is 44.6. The molecular formula is C42H37Cl2N6O9P. The summed E-state index contributed by atoms with van der Waals surface area (Å²) in [6, 6.07) is 23.0. The van der Waals surface area contributed by atoms with E-state index in [9.17, 15) is 39.2 Å². The van der Waals surface area contributed by atoms with Gasteiger partial charge in [-0.15, -0.1) is 0 Å². The lowest BCUT2D eigenvalue weighted by Crippen LogP contribution is -2.18. The minimum absolute atomic E-state index is 0.00375. The second-order valence-corrected chi connectivity index (χ2v) is 18.1. The van der Waals surface area contributed by atoms with Gasteiger partial charge >= 0.3 is 5.97 Å². The molecule has 0 aliphatic rings. The number of esters is 1. The van der Waals surface area contributed by atoms with Crippen molar-refractivity contribution >= 4 is 98.1 Å². The molecule has 0 saturated carbocycles. The molecule has 0 aliphatic heterocycles. The quantitative estimate of drug-likeness (QED) is 0.0359. The number of anilines is 2. The van der Waals surface area contributed by atoms with Crippen LogP contribution < -0.4 is 10.9 Å². The van der Waals surface area contributed by atoms with Crippen LogP contribution in [0.4, 0.5) is 22.7 Å². The molecule has 7 aromatic rings. The van der Waals surface area contributed by atoms with Crippen molar-refractivity contribution < 1.29 is 28.7 Å². The average molecular weight is 872 g/mol. The summed E-state index contributed by atoms with van der Waals surface area (Å²) in [4.78, 5) is 64.8. The van der Waals surface area contributed by atoms with E-state index in [1.54, 1.807) is 107 Å². The number of ether oxygens (including phenoxy) is 1. The molecule has 7 rings (SSSR count). The van der Waals surface area contributed by atoms with Crippen molar-refractivity contribution in [2.24, 2.45) is 0 Å². The number of halogens is 2. The van der Waals surface area contributed by atoms with E-state index in [1.165, 1.54) is 29.0 Å². The van der Waals surface area contributed by atoms with E-state index in [0.717, 1.165) is 5.39 Å². The Labute approximate surface area is 352 Å². The lowest BCUT2D eigenvalue weighted by molar-refractivity contribution is -0.385. The number of aromatic nitrogens is 3. The maximum absolute atomic E-state index is 12.7. The van der Waals surface area contributed by atoms with Crippen LogP contribution in [0.3, 0.4) is 0 Å². The maximum atomic E-state index is 12.7. The third-order valence-corrected chi connectivity index (χ3v) is 10.3. The van der Waals surface area contributed by atoms with Gasteiger partial charge in [-0.1, -0.05) is 35.3 Å². The molecule has 0 spiro atoms. The van der Waals surface area contributed by atoms with Gasteiger partial charge in [-0.25, -0.2) is 0 Å². The van der Waals surface area contributed by atoms with Crippen molar-refractivity contribution in [1.82, 2.24) is 14.5 Å². The molecule has 0 bridgehead atoms. The standard InChI is InChI=1S/C19H12ClN3O3.C17H12ClN3O3.C6H13O3P/c1-11-2-5-14(9-17(11)23(25)26)22-18(24)7-3-12-10-21-16-6-4-13(20)8-15(16)19(12)22;1-10-2-4-13(7-16(10)21(23)24)20-17-11(9-22)8-19-15-5-3-12(18)6-14(15)17;1-4-9-6(7)5-10(2,3)8/h2-10H,1H3;2-9H,1H3,(H,19,20);4-5H2,1-3H3. The van der Waals surface area contributed by atoms with Crippen LogP contribution in [0.25, 0.3) is 38.4 Å². The molecule has 0 amide bonds. The van der Waals surface area contributed by atoms with Crippen LogP contribution in [-0.2, 0) is 14.1 Å². The monoisotopic (exact) mass is 870 g/mol. The van der Waals surface area contributed by atoms with Crippen LogP contribution in [0.5, 0.6) is 0 Å². The number of benzene rings is 4. The van der Waals surface area contributed by atoms with E-state index in [0.29, 0.717) is 84.0 Å². The Morgan fingerprint density at radius 2 is 1.42 bits per heavy atom. The van der Waals surface area contributed by atoms with E-state index in [2.05, 4.69) is 20.0 Å². The zero-order chi connectivity index (χ0) is 43.9. The summed E-state index contributed by atoms with van der Waals surface area (Å²) in [5.74, 6) is -0.365. The molecule has 3 aromatic heterocycles. The van der Waals surface area contributed by atoms with Crippen LogP contribution in [0, 0.1) is 34.1 Å². The lowest BCUT2D eigenvalue weighted by atomic mass is 10.1. The third kappa shape index (κ3) is 10.7. The van der Waals surface area contributed by atoms with Gasteiger partial charge in [0.05, 0.1) is 63.2 Å². The molecule has 4 aromatic carbocycles. The highest BCUT2D eigenvalue weighted by Crippen LogP contribution is 2.35. The average Bonchev–Trinajstić information content (AvgIpc) is 3.18. The predicted molar refractivity (Wildman–Crippen MR) is 235 cm³/mol. The third-order valence-electron chi connectivity index (χ3n) is 8.80. The molecule has 0 atom stereocenters. The van der Waals surface area contributed by atoms with Crippen LogP contribution in [0.1, 0.15) is 28.4 Å². The smallest absolute Gasteiger partial charge is 0.313 e. The summed E-state index contributed by atoms with van der Waals surface area (Å²) in [6.07, 6.45) is 3.86. The maximum Gasteiger partial charge on any atom is 0.313 e. The number of fused-ring (bicyclic) bond motifs is 4. The molecule has 1 N–H and O–H groups in total. The number of carbonyl (C=O) groups excluding carboxylic acids is 2. The van der Waals surface area contributed by atoms with Crippen molar-refractivity contribution in [1.29, 1.82) is 0 Å². The van der Waals surface area contributed by atoms with Crippen molar-refractivity contribution in [3.8, 4) is 5.69 Å². The zero-order valence-corrected chi connectivity index (χ0v) is 35.2. The minimum Gasteiger partial charge on any atom is -0.466 e. The van der Waals surface area contributed by atoms with E-state index in [1.807, 2.05) is 0 Å². The second-order valence-electron chi connectivity index (χ2n) is 13.7. The molecule has 18 heteroatoms. The number of nitro benzene ring substituents is 2. The Kier molecular flexibility index (Phi) is 14.1. The molecule has 3 heterocycles. The zero-order valence-electron chi connectivity index (χ0n) is 32.8. The molecule has 308 valence electrons. The number of pyridine rings is 3. The topological polar surface area (TPSA) is 207 Å². The van der Waals surface area contributed by atoms with Gasteiger partial charge in [0.25, 0.3) is 16.9 Å². The van der Waals surface area contributed by atoms with Crippen LogP contribution in [0.15, 0.2) is 102 Å². The summed E-state index contributed by atoms with van der Waals surface area (Å²) in [7, 11) is -2.23. The fourth-order valence-electron chi connectivity index (χ4n) is 6.03. The number of hydrogen-bond donors (Lipinski definition) is 1. The van der Waals surface area contributed by atoms with Gasteiger partial charge in [-0.2, -0.15) is 0 Å². The number of aldehydes is 1. The first-order chi connectivity index (χ1) is 28.4. The van der Waals surface area contributed by atoms with Crippen molar-refractivity contribution in [2.75, 3.05) is 31.4 Å². The summed E-state index contributed by atoms with van der Waals surface area (Å²) in [6.45, 7) is 8.56. The Hall–Kier alpha value is -6.54. The van der Waals surface area contributed by atoms with Gasteiger partial charge in [0.2, 0.25) is 0 Å². The normalized spacial score (nSPS) is 10.9. The predicted octanol–water partition coefficient (Wildman–Crippen LogP) is 10.2.